The maximum atomic E-state index is 12.0. The Morgan fingerprint density at radius 2 is 2.04 bits per heavy atom. The van der Waals surface area contributed by atoms with Crippen molar-refractivity contribution in [3.05, 3.63) is 59.4 Å². The normalized spacial score (nSPS) is 18.9. The number of anilines is 1. The monoisotopic (exact) mass is 336 g/mol. The molecule has 5 nitrogen and oxygen atoms in total. The lowest BCUT2D eigenvalue weighted by atomic mass is 9.80. The summed E-state index contributed by atoms with van der Waals surface area (Å²) in [7, 11) is 2.15. The van der Waals surface area contributed by atoms with Gasteiger partial charge in [0.2, 0.25) is 0 Å². The number of pyridine rings is 1. The summed E-state index contributed by atoms with van der Waals surface area (Å²) in [6.45, 7) is 6.81. The maximum absolute atomic E-state index is 12.0. The molecule has 2 aromatic rings. The SMILES string of the molecule is C[C@H]1CC(C)(C)N(C)c2ccc(/C=N\NC(=O)c3ccncc3)cc21. The summed E-state index contributed by atoms with van der Waals surface area (Å²) in [5.74, 6) is 0.243. The Labute approximate surface area is 148 Å². The van der Waals surface area contributed by atoms with Gasteiger partial charge in [-0.3, -0.25) is 9.78 Å². The van der Waals surface area contributed by atoms with E-state index >= 15 is 0 Å². The molecule has 0 saturated heterocycles. The molecule has 0 bridgehead atoms. The zero-order valence-electron chi connectivity index (χ0n) is 15.2. The Morgan fingerprint density at radius 3 is 2.76 bits per heavy atom. The van der Waals surface area contributed by atoms with Gasteiger partial charge in [0.05, 0.1) is 6.21 Å². The summed E-state index contributed by atoms with van der Waals surface area (Å²) in [6, 6.07) is 9.64. The molecule has 130 valence electrons. The van der Waals surface area contributed by atoms with E-state index in [4.69, 9.17) is 0 Å². The van der Waals surface area contributed by atoms with Crippen LogP contribution in [0.4, 0.5) is 5.69 Å². The smallest absolute Gasteiger partial charge is 0.271 e. The number of hydrogen-bond donors (Lipinski definition) is 1. The third kappa shape index (κ3) is 3.55. The fraction of sp³-hybridized carbons (Fsp3) is 0.350. The number of amides is 1. The van der Waals surface area contributed by atoms with Gasteiger partial charge in [0.15, 0.2) is 0 Å². The number of benzene rings is 1. The number of nitrogens with one attached hydrogen (secondary N) is 1. The van der Waals surface area contributed by atoms with Crippen LogP contribution in [0.25, 0.3) is 0 Å². The van der Waals surface area contributed by atoms with Gasteiger partial charge < -0.3 is 4.90 Å². The molecule has 2 heterocycles. The van der Waals surface area contributed by atoms with E-state index in [0.29, 0.717) is 11.5 Å². The van der Waals surface area contributed by atoms with Gasteiger partial charge in [-0.1, -0.05) is 13.0 Å². The average molecular weight is 336 g/mol. The fourth-order valence-electron chi connectivity index (χ4n) is 3.41. The summed E-state index contributed by atoms with van der Waals surface area (Å²) < 4.78 is 0. The predicted molar refractivity (Wildman–Crippen MR) is 101 cm³/mol. The van der Waals surface area contributed by atoms with Gasteiger partial charge in [-0.15, -0.1) is 0 Å². The number of hydrogen-bond acceptors (Lipinski definition) is 4. The van der Waals surface area contributed by atoms with E-state index in [0.717, 1.165) is 12.0 Å². The molecule has 0 spiro atoms. The lowest BCUT2D eigenvalue weighted by molar-refractivity contribution is 0.0955. The molecule has 0 fully saturated rings. The van der Waals surface area contributed by atoms with Gasteiger partial charge in [-0.05, 0) is 61.6 Å². The molecule has 1 aliphatic rings. The first-order chi connectivity index (χ1) is 11.9. The molecule has 1 atom stereocenters. The molecule has 0 aliphatic carbocycles. The number of rotatable bonds is 3. The molecule has 0 unspecified atom stereocenters. The molecule has 1 aromatic heterocycles. The van der Waals surface area contributed by atoms with Crippen molar-refractivity contribution >= 4 is 17.8 Å². The van der Waals surface area contributed by atoms with Crippen molar-refractivity contribution in [1.82, 2.24) is 10.4 Å². The van der Waals surface area contributed by atoms with Gasteiger partial charge in [-0.25, -0.2) is 5.43 Å². The fourth-order valence-corrected chi connectivity index (χ4v) is 3.41. The second-order valence-corrected chi connectivity index (χ2v) is 7.23. The molecule has 3 rings (SSSR count). The van der Waals surface area contributed by atoms with E-state index in [1.165, 1.54) is 11.3 Å². The van der Waals surface area contributed by atoms with Gasteiger partial charge in [0, 0.05) is 36.2 Å². The van der Waals surface area contributed by atoms with Crippen LogP contribution >= 0.6 is 0 Å². The van der Waals surface area contributed by atoms with Crippen molar-refractivity contribution in [2.24, 2.45) is 5.10 Å². The van der Waals surface area contributed by atoms with E-state index in [9.17, 15) is 4.79 Å². The molecule has 1 N–H and O–H groups in total. The Bertz CT molecular complexity index is 799. The molecule has 1 aliphatic heterocycles. The second kappa shape index (κ2) is 6.67. The van der Waals surface area contributed by atoms with Gasteiger partial charge in [0.1, 0.15) is 0 Å². The first kappa shape index (κ1) is 17.1. The van der Waals surface area contributed by atoms with Gasteiger partial charge in [-0.2, -0.15) is 5.10 Å². The highest BCUT2D eigenvalue weighted by molar-refractivity contribution is 5.94. The van der Waals surface area contributed by atoms with E-state index in [1.807, 2.05) is 6.07 Å². The summed E-state index contributed by atoms with van der Waals surface area (Å²) >= 11 is 0. The van der Waals surface area contributed by atoms with E-state index in [2.05, 4.69) is 60.4 Å². The minimum atomic E-state index is -0.244. The Morgan fingerprint density at radius 1 is 1.32 bits per heavy atom. The standard InChI is InChI=1S/C20H24N4O/c1-14-12-20(2,3)24(4)18-6-5-15(11-17(14)18)13-22-23-19(25)16-7-9-21-10-8-16/h5-11,13-14H,12H2,1-4H3,(H,23,25)/b22-13-/t14-/m0/s1. The molecule has 0 radical (unpaired) electrons. The van der Waals surface area contributed by atoms with Crippen LogP contribution in [0, 0.1) is 0 Å². The Kier molecular flexibility index (Phi) is 4.57. The molecular weight excluding hydrogens is 312 g/mol. The Hall–Kier alpha value is -2.69. The molecule has 1 amide bonds. The highest BCUT2D eigenvalue weighted by atomic mass is 16.2. The van der Waals surface area contributed by atoms with Crippen LogP contribution in [0.15, 0.2) is 47.8 Å². The molecule has 25 heavy (non-hydrogen) atoms. The number of carbonyl (C=O) groups is 1. The van der Waals surface area contributed by atoms with E-state index in [1.54, 1.807) is 30.7 Å². The summed E-state index contributed by atoms with van der Waals surface area (Å²) in [5.41, 5.74) is 6.81. The second-order valence-electron chi connectivity index (χ2n) is 7.23. The number of hydrazone groups is 1. The number of carbonyl (C=O) groups excluding carboxylic acids is 1. The van der Waals surface area contributed by atoms with Crippen LogP contribution in [0.2, 0.25) is 0 Å². The van der Waals surface area contributed by atoms with Crippen molar-refractivity contribution in [2.45, 2.75) is 38.6 Å². The van der Waals surface area contributed by atoms with Crippen molar-refractivity contribution in [3.63, 3.8) is 0 Å². The van der Waals surface area contributed by atoms with Crippen LogP contribution < -0.4 is 10.3 Å². The predicted octanol–water partition coefficient (Wildman–Crippen LogP) is 3.57. The van der Waals surface area contributed by atoms with E-state index in [-0.39, 0.29) is 11.4 Å². The third-order valence-corrected chi connectivity index (χ3v) is 4.98. The zero-order chi connectivity index (χ0) is 18.0. The first-order valence-corrected chi connectivity index (χ1v) is 8.50. The minimum Gasteiger partial charge on any atom is -0.369 e. The third-order valence-electron chi connectivity index (χ3n) is 4.98. The highest BCUT2D eigenvalue weighted by Gasteiger charge is 2.33. The highest BCUT2D eigenvalue weighted by Crippen LogP contribution is 2.42. The largest absolute Gasteiger partial charge is 0.369 e. The van der Waals surface area contributed by atoms with Crippen LogP contribution in [0.5, 0.6) is 0 Å². The van der Waals surface area contributed by atoms with Crippen LogP contribution in [-0.2, 0) is 0 Å². The number of nitrogens with zero attached hydrogens (tertiary/aromatic N) is 3. The average Bonchev–Trinajstić information content (AvgIpc) is 2.60. The topological polar surface area (TPSA) is 57.6 Å². The minimum absolute atomic E-state index is 0.153. The number of fused-ring (bicyclic) bond motifs is 1. The molecular formula is C20H24N4O. The molecule has 5 heteroatoms. The maximum Gasteiger partial charge on any atom is 0.271 e. The lowest BCUT2D eigenvalue weighted by Crippen LogP contribution is -2.45. The lowest BCUT2D eigenvalue weighted by Gasteiger charge is -2.45. The molecule has 1 aromatic carbocycles. The summed E-state index contributed by atoms with van der Waals surface area (Å²) in [5, 5.41) is 4.08. The quantitative estimate of drug-likeness (QED) is 0.688. The number of aromatic nitrogens is 1. The summed E-state index contributed by atoms with van der Waals surface area (Å²) in [4.78, 5) is 18.2. The zero-order valence-corrected chi connectivity index (χ0v) is 15.2. The van der Waals surface area contributed by atoms with Crippen LogP contribution in [-0.4, -0.2) is 29.7 Å². The van der Waals surface area contributed by atoms with Gasteiger partial charge >= 0.3 is 0 Å². The van der Waals surface area contributed by atoms with Gasteiger partial charge in [0.25, 0.3) is 5.91 Å². The van der Waals surface area contributed by atoms with Crippen molar-refractivity contribution in [2.75, 3.05) is 11.9 Å². The first-order valence-electron chi connectivity index (χ1n) is 8.50. The molecule has 0 saturated carbocycles. The van der Waals surface area contributed by atoms with Crippen molar-refractivity contribution in [3.8, 4) is 0 Å². The van der Waals surface area contributed by atoms with Crippen molar-refractivity contribution < 1.29 is 4.79 Å². The van der Waals surface area contributed by atoms with Crippen molar-refractivity contribution in [1.29, 1.82) is 0 Å². The Balaban J connectivity index is 1.75. The summed E-state index contributed by atoms with van der Waals surface area (Å²) in [6.07, 6.45) is 5.96. The van der Waals surface area contributed by atoms with Crippen LogP contribution in [0.1, 0.15) is 54.6 Å². The van der Waals surface area contributed by atoms with Crippen LogP contribution in [0.3, 0.4) is 0 Å². The van der Waals surface area contributed by atoms with E-state index < -0.39 is 0 Å².